The van der Waals surface area contributed by atoms with Gasteiger partial charge in [-0.2, -0.15) is 5.10 Å². The van der Waals surface area contributed by atoms with Gasteiger partial charge in [0.2, 0.25) is 0 Å². The first-order chi connectivity index (χ1) is 12.3. The lowest BCUT2D eigenvalue weighted by Crippen LogP contribution is -2.27. The number of carbonyl (C=O) groups is 1. The third-order valence-electron chi connectivity index (χ3n) is 3.89. The van der Waals surface area contributed by atoms with Gasteiger partial charge in [0.1, 0.15) is 5.58 Å². The third kappa shape index (κ3) is 3.28. The zero-order valence-electron chi connectivity index (χ0n) is 13.4. The van der Waals surface area contributed by atoms with Crippen LogP contribution in [0.3, 0.4) is 0 Å². The maximum atomic E-state index is 12.2. The highest BCUT2D eigenvalue weighted by molar-refractivity contribution is 5.96. The van der Waals surface area contributed by atoms with Gasteiger partial charge in [0, 0.05) is 36.1 Å². The molecule has 0 radical (unpaired) electrons. The van der Waals surface area contributed by atoms with E-state index in [-0.39, 0.29) is 5.91 Å². The Hall–Kier alpha value is -3.41. The molecule has 1 amide bonds. The summed E-state index contributed by atoms with van der Waals surface area (Å²) in [6, 6.07) is 15.1. The van der Waals surface area contributed by atoms with E-state index < -0.39 is 0 Å². The van der Waals surface area contributed by atoms with Gasteiger partial charge in [-0.05, 0) is 30.3 Å². The summed E-state index contributed by atoms with van der Waals surface area (Å²) in [6.45, 7) is 1.05. The van der Waals surface area contributed by atoms with E-state index >= 15 is 0 Å². The van der Waals surface area contributed by atoms with Crippen molar-refractivity contribution in [1.82, 2.24) is 20.1 Å². The smallest absolute Gasteiger partial charge is 0.287 e. The largest absolute Gasteiger partial charge is 0.451 e. The van der Waals surface area contributed by atoms with E-state index in [0.717, 1.165) is 16.6 Å². The summed E-state index contributed by atoms with van der Waals surface area (Å²) >= 11 is 0. The Labute approximate surface area is 144 Å². The van der Waals surface area contributed by atoms with Crippen LogP contribution in [0.1, 0.15) is 10.6 Å². The van der Waals surface area contributed by atoms with Gasteiger partial charge < -0.3 is 9.73 Å². The fourth-order valence-corrected chi connectivity index (χ4v) is 2.63. The number of hydrogen-bond acceptors (Lipinski definition) is 4. The Morgan fingerprint density at radius 3 is 2.80 bits per heavy atom. The number of nitrogens with zero attached hydrogens (tertiary/aromatic N) is 3. The second kappa shape index (κ2) is 6.60. The molecule has 6 nitrogen and oxygen atoms in total. The molecular weight excluding hydrogens is 316 g/mol. The van der Waals surface area contributed by atoms with E-state index in [0.29, 0.717) is 24.4 Å². The number of hydrogen-bond donors (Lipinski definition) is 1. The number of para-hydroxylation sites is 1. The highest BCUT2D eigenvalue weighted by Gasteiger charge is 2.11. The van der Waals surface area contributed by atoms with E-state index in [1.165, 1.54) is 0 Å². The normalized spacial score (nSPS) is 10.9. The van der Waals surface area contributed by atoms with Crippen molar-refractivity contribution in [3.63, 3.8) is 0 Å². The van der Waals surface area contributed by atoms with Gasteiger partial charge in [0.15, 0.2) is 5.76 Å². The molecule has 0 aliphatic carbocycles. The first-order valence-electron chi connectivity index (χ1n) is 8.00. The Morgan fingerprint density at radius 1 is 1.12 bits per heavy atom. The Morgan fingerprint density at radius 2 is 1.96 bits per heavy atom. The van der Waals surface area contributed by atoms with E-state index in [9.17, 15) is 4.79 Å². The maximum Gasteiger partial charge on any atom is 0.287 e. The third-order valence-corrected chi connectivity index (χ3v) is 3.89. The summed E-state index contributed by atoms with van der Waals surface area (Å²) in [6.07, 6.45) is 5.37. The number of pyridine rings is 1. The molecule has 0 atom stereocenters. The monoisotopic (exact) mass is 332 g/mol. The van der Waals surface area contributed by atoms with Crippen molar-refractivity contribution in [3.8, 4) is 11.3 Å². The Balaban J connectivity index is 1.36. The molecule has 0 unspecified atom stereocenters. The standard InChI is InChI=1S/C19H16N4O2/c24-19(18-13-15-3-1-2-4-17(15)25-18)21-10-12-23-11-7-16(22-23)14-5-8-20-9-6-14/h1-9,11,13H,10,12H2,(H,21,24). The van der Waals surface area contributed by atoms with Gasteiger partial charge in [-0.25, -0.2) is 0 Å². The van der Waals surface area contributed by atoms with Crippen molar-refractivity contribution in [2.24, 2.45) is 0 Å². The molecule has 0 aliphatic rings. The zero-order valence-corrected chi connectivity index (χ0v) is 13.4. The minimum absolute atomic E-state index is 0.224. The summed E-state index contributed by atoms with van der Waals surface area (Å²) in [5.74, 6) is 0.0943. The lowest BCUT2D eigenvalue weighted by molar-refractivity contribution is 0.0926. The second-order valence-corrected chi connectivity index (χ2v) is 5.60. The molecule has 4 aromatic rings. The number of carbonyl (C=O) groups excluding carboxylic acids is 1. The number of amides is 1. The number of benzene rings is 1. The second-order valence-electron chi connectivity index (χ2n) is 5.60. The summed E-state index contributed by atoms with van der Waals surface area (Å²) in [7, 11) is 0. The van der Waals surface area contributed by atoms with Crippen LogP contribution >= 0.6 is 0 Å². The average molecular weight is 332 g/mol. The van der Waals surface area contributed by atoms with Gasteiger partial charge in [-0.3, -0.25) is 14.5 Å². The molecule has 6 heteroatoms. The molecule has 1 aromatic carbocycles. The molecule has 3 heterocycles. The van der Waals surface area contributed by atoms with Crippen molar-refractivity contribution in [1.29, 1.82) is 0 Å². The molecule has 0 saturated heterocycles. The van der Waals surface area contributed by atoms with Crippen LogP contribution in [0, 0.1) is 0 Å². The maximum absolute atomic E-state index is 12.2. The summed E-state index contributed by atoms with van der Waals surface area (Å²) < 4.78 is 7.35. The molecule has 0 spiro atoms. The minimum atomic E-state index is -0.224. The number of aromatic nitrogens is 3. The van der Waals surface area contributed by atoms with Crippen molar-refractivity contribution in [3.05, 3.63) is 72.9 Å². The molecule has 3 aromatic heterocycles. The fraction of sp³-hybridized carbons (Fsp3) is 0.105. The molecule has 124 valence electrons. The van der Waals surface area contributed by atoms with E-state index in [1.807, 2.05) is 48.7 Å². The topological polar surface area (TPSA) is 73.0 Å². The number of fused-ring (bicyclic) bond motifs is 1. The molecular formula is C19H16N4O2. The molecule has 0 aliphatic heterocycles. The van der Waals surface area contributed by atoms with Crippen LogP contribution in [0.25, 0.3) is 22.2 Å². The van der Waals surface area contributed by atoms with E-state index in [1.54, 1.807) is 23.1 Å². The highest BCUT2D eigenvalue weighted by atomic mass is 16.3. The van der Waals surface area contributed by atoms with Crippen LogP contribution in [0.4, 0.5) is 0 Å². The summed E-state index contributed by atoms with van der Waals surface area (Å²) in [5.41, 5.74) is 2.60. The van der Waals surface area contributed by atoms with Crippen LogP contribution in [-0.2, 0) is 6.54 Å². The van der Waals surface area contributed by atoms with Gasteiger partial charge in [-0.1, -0.05) is 18.2 Å². The molecule has 25 heavy (non-hydrogen) atoms. The van der Waals surface area contributed by atoms with Gasteiger partial charge >= 0.3 is 0 Å². The molecule has 1 N–H and O–H groups in total. The van der Waals surface area contributed by atoms with Crippen molar-refractivity contribution < 1.29 is 9.21 Å². The first kappa shape index (κ1) is 15.1. The minimum Gasteiger partial charge on any atom is -0.451 e. The quantitative estimate of drug-likeness (QED) is 0.609. The zero-order chi connectivity index (χ0) is 17.1. The van der Waals surface area contributed by atoms with Crippen LogP contribution in [-0.4, -0.2) is 27.2 Å². The van der Waals surface area contributed by atoms with E-state index in [4.69, 9.17) is 4.42 Å². The molecule has 0 fully saturated rings. The fourth-order valence-electron chi connectivity index (χ4n) is 2.63. The molecule has 4 rings (SSSR count). The molecule has 0 bridgehead atoms. The Bertz CT molecular complexity index is 971. The highest BCUT2D eigenvalue weighted by Crippen LogP contribution is 2.18. The van der Waals surface area contributed by atoms with Crippen molar-refractivity contribution in [2.75, 3.05) is 6.54 Å². The van der Waals surface area contributed by atoms with Crippen molar-refractivity contribution >= 4 is 16.9 Å². The predicted molar refractivity (Wildman–Crippen MR) is 94.0 cm³/mol. The van der Waals surface area contributed by atoms with Crippen LogP contribution in [0.2, 0.25) is 0 Å². The van der Waals surface area contributed by atoms with E-state index in [2.05, 4.69) is 15.4 Å². The van der Waals surface area contributed by atoms with Crippen LogP contribution in [0.15, 0.2) is 71.5 Å². The van der Waals surface area contributed by atoms with Gasteiger partial charge in [0.25, 0.3) is 5.91 Å². The van der Waals surface area contributed by atoms with Gasteiger partial charge in [-0.15, -0.1) is 0 Å². The predicted octanol–water partition coefficient (Wildman–Crippen LogP) is 3.12. The number of rotatable bonds is 5. The SMILES string of the molecule is O=C(NCCn1ccc(-c2ccncc2)n1)c1cc2ccccc2o1. The number of nitrogens with one attached hydrogen (secondary N) is 1. The lowest BCUT2D eigenvalue weighted by atomic mass is 10.2. The van der Waals surface area contributed by atoms with Gasteiger partial charge in [0.05, 0.1) is 12.2 Å². The molecule has 0 saturated carbocycles. The summed E-state index contributed by atoms with van der Waals surface area (Å²) in [5, 5.41) is 8.27. The average Bonchev–Trinajstić information content (AvgIpc) is 3.29. The lowest BCUT2D eigenvalue weighted by Gasteiger charge is -2.03. The Kier molecular flexibility index (Phi) is 4.00. The van der Waals surface area contributed by atoms with Crippen molar-refractivity contribution in [2.45, 2.75) is 6.54 Å². The summed E-state index contributed by atoms with van der Waals surface area (Å²) in [4.78, 5) is 16.2. The number of furan rings is 1. The first-order valence-corrected chi connectivity index (χ1v) is 8.00. The van der Waals surface area contributed by atoms with Crippen LogP contribution < -0.4 is 5.32 Å². The van der Waals surface area contributed by atoms with Crippen LogP contribution in [0.5, 0.6) is 0 Å².